The first-order valence-corrected chi connectivity index (χ1v) is 13.4. The van der Waals surface area contributed by atoms with Gasteiger partial charge in [-0.1, -0.05) is 0 Å². The van der Waals surface area contributed by atoms with Crippen molar-refractivity contribution >= 4 is 22.7 Å². The van der Waals surface area contributed by atoms with E-state index in [1.807, 2.05) is 12.1 Å². The Morgan fingerprint density at radius 1 is 1.00 bits per heavy atom. The molecule has 0 spiro atoms. The molecule has 0 unspecified atom stereocenters. The number of hydrogen-bond donors (Lipinski definition) is 1. The van der Waals surface area contributed by atoms with E-state index in [4.69, 9.17) is 0 Å². The van der Waals surface area contributed by atoms with Crippen LogP contribution in [0.1, 0.15) is 76.1 Å². The number of carbonyl (C=O) groups is 2. The Labute approximate surface area is 187 Å². The average molecular weight is 522 g/mol. The van der Waals surface area contributed by atoms with Gasteiger partial charge in [-0.2, -0.15) is 0 Å². The van der Waals surface area contributed by atoms with Crippen molar-refractivity contribution < 1.29 is 30.8 Å². The molecule has 0 radical (unpaired) electrons. The Bertz CT molecular complexity index is 1010. The first-order chi connectivity index (χ1) is 14.5. The van der Waals surface area contributed by atoms with Gasteiger partial charge in [0, 0.05) is 0 Å². The van der Waals surface area contributed by atoms with Gasteiger partial charge in [0.1, 0.15) is 0 Å². The summed E-state index contributed by atoms with van der Waals surface area (Å²) in [5, 5.41) is 3.05. The van der Waals surface area contributed by atoms with Gasteiger partial charge in [-0.15, -0.1) is 0 Å². The first-order valence-electron chi connectivity index (χ1n) is 11.0. The van der Waals surface area contributed by atoms with E-state index in [1.54, 1.807) is 6.92 Å². The third-order valence-corrected chi connectivity index (χ3v) is 9.83. The van der Waals surface area contributed by atoms with Crippen LogP contribution in [0.5, 0.6) is 0 Å². The molecule has 6 nitrogen and oxygen atoms in total. The maximum atomic E-state index is 13.6. The molecular formula is C23H29IN3O3-. The molecule has 0 bridgehead atoms. The van der Waals surface area contributed by atoms with Gasteiger partial charge < -0.3 is 0 Å². The van der Waals surface area contributed by atoms with Gasteiger partial charge in [-0.05, 0) is 0 Å². The summed E-state index contributed by atoms with van der Waals surface area (Å²) in [5.41, 5.74) is 0.590. The second kappa shape index (κ2) is 9.58. The Kier molecular flexibility index (Phi) is 6.85. The number of benzene rings is 1. The molecule has 1 N–H and O–H groups in total. The minimum absolute atomic E-state index is 0.134. The number of amides is 2. The normalized spacial score (nSPS) is 21.8. The molecule has 1 aliphatic carbocycles. The van der Waals surface area contributed by atoms with E-state index in [9.17, 15) is 14.4 Å². The second-order valence-electron chi connectivity index (χ2n) is 8.34. The quantitative estimate of drug-likeness (QED) is 0.361. The van der Waals surface area contributed by atoms with Gasteiger partial charge in [0.25, 0.3) is 0 Å². The number of hydrogen-bond acceptors (Lipinski definition) is 4. The van der Waals surface area contributed by atoms with Gasteiger partial charge >= 0.3 is 187 Å². The molecule has 2 amide bonds. The number of alkyl halides is 1. The predicted molar refractivity (Wildman–Crippen MR) is 112 cm³/mol. The number of imide groups is 1. The van der Waals surface area contributed by atoms with Gasteiger partial charge in [-0.3, -0.25) is 0 Å². The van der Waals surface area contributed by atoms with E-state index in [0.29, 0.717) is 21.6 Å². The van der Waals surface area contributed by atoms with Crippen molar-refractivity contribution in [2.45, 2.75) is 81.1 Å². The molecule has 1 aliphatic heterocycles. The van der Waals surface area contributed by atoms with Crippen LogP contribution in [0.3, 0.4) is 0 Å². The van der Waals surface area contributed by atoms with Crippen molar-refractivity contribution in [2.75, 3.05) is 0 Å². The summed E-state index contributed by atoms with van der Waals surface area (Å²) in [4.78, 5) is 42.3. The number of aromatic nitrogens is 2. The molecule has 4 rings (SSSR count). The van der Waals surface area contributed by atoms with Crippen molar-refractivity contribution in [3.05, 3.63) is 37.9 Å². The summed E-state index contributed by atoms with van der Waals surface area (Å²) in [5.74, 6) is -0.150. The van der Waals surface area contributed by atoms with E-state index < -0.39 is 11.9 Å². The van der Waals surface area contributed by atoms with E-state index in [-0.39, 0.29) is 39.1 Å². The number of halogens is 1. The molecule has 1 aromatic heterocycles. The van der Waals surface area contributed by atoms with Crippen molar-refractivity contribution in [3.8, 4) is 0 Å². The molecule has 162 valence electrons. The van der Waals surface area contributed by atoms with Crippen LogP contribution in [0.25, 0.3) is 10.9 Å². The summed E-state index contributed by atoms with van der Waals surface area (Å²) in [7, 11) is 0. The molecule has 2 heterocycles. The maximum absolute atomic E-state index is 13.6. The van der Waals surface area contributed by atoms with E-state index in [1.165, 1.54) is 55.9 Å². The zero-order valence-corrected chi connectivity index (χ0v) is 19.6. The molecule has 1 atom stereocenters. The van der Waals surface area contributed by atoms with Crippen molar-refractivity contribution in [3.63, 3.8) is 0 Å². The van der Waals surface area contributed by atoms with E-state index >= 15 is 0 Å². The number of piperidine rings is 1. The number of nitrogens with zero attached hydrogens (tertiary/aromatic N) is 2. The number of carbonyl (C=O) groups excluding carboxylic acids is 2. The van der Waals surface area contributed by atoms with E-state index in [2.05, 4.69) is 16.4 Å². The molecule has 2 aliphatic rings. The molecule has 1 aromatic carbocycles. The Balaban J connectivity index is 1.71. The summed E-state index contributed by atoms with van der Waals surface area (Å²) in [6, 6.07) is 5.34. The predicted octanol–water partition coefficient (Wildman–Crippen LogP) is 0.444. The van der Waals surface area contributed by atoms with Crippen molar-refractivity contribution in [2.24, 2.45) is 0 Å². The molecule has 2 aromatic rings. The number of aryl methyl sites for hydroxylation is 1. The third-order valence-electron chi connectivity index (χ3n) is 6.13. The molecule has 7 heteroatoms. The fraction of sp³-hybridized carbons (Fsp3) is 0.565. The monoisotopic (exact) mass is 522 g/mol. The zero-order valence-electron chi connectivity index (χ0n) is 17.5. The van der Waals surface area contributed by atoms with Crippen LogP contribution in [-0.4, -0.2) is 25.3 Å². The SMILES string of the molecule is Cc1nc2cccc([I-]C3CCCCCCCC3)c2c(=O)n1[C@H]1CCC(=O)NC1=O. The Morgan fingerprint density at radius 2 is 1.70 bits per heavy atom. The molecule has 30 heavy (non-hydrogen) atoms. The Hall–Kier alpha value is -1.77. The van der Waals surface area contributed by atoms with Gasteiger partial charge in [-0.25, -0.2) is 0 Å². The minimum atomic E-state index is -0.664. The standard InChI is InChI=1S/C23H29IN3O3/c1-15-25-18-12-8-11-17(24-16-9-6-4-2-3-5-7-10-16)21(18)23(30)27(15)19-13-14-20(28)26-22(19)29/h8,11-12,16,19H,2-7,9-10,13-14H2,1H3,(H,26,28,29)/q-1/t19-/m0/s1. The number of fused-ring (bicyclic) bond motifs is 1. The van der Waals surface area contributed by atoms with E-state index in [0.717, 1.165) is 9.09 Å². The van der Waals surface area contributed by atoms with Crippen LogP contribution in [0, 0.1) is 10.5 Å². The van der Waals surface area contributed by atoms with Gasteiger partial charge in [0.15, 0.2) is 0 Å². The summed E-state index contributed by atoms with van der Waals surface area (Å²) in [6.45, 7) is 1.77. The number of rotatable bonds is 3. The fourth-order valence-corrected chi connectivity index (χ4v) is 8.24. The first kappa shape index (κ1) is 21.5. The van der Waals surface area contributed by atoms with Gasteiger partial charge in [0.05, 0.1) is 0 Å². The van der Waals surface area contributed by atoms with Crippen molar-refractivity contribution in [1.82, 2.24) is 14.9 Å². The van der Waals surface area contributed by atoms with Crippen LogP contribution >= 0.6 is 0 Å². The molecule has 1 saturated carbocycles. The fourth-order valence-electron chi connectivity index (χ4n) is 4.56. The van der Waals surface area contributed by atoms with Gasteiger partial charge in [0.2, 0.25) is 0 Å². The van der Waals surface area contributed by atoms with Crippen LogP contribution in [0.15, 0.2) is 23.0 Å². The summed E-state index contributed by atoms with van der Waals surface area (Å²) < 4.78 is 3.35. The number of nitrogens with one attached hydrogen (secondary N) is 1. The van der Waals surface area contributed by atoms with Crippen molar-refractivity contribution in [1.29, 1.82) is 0 Å². The van der Waals surface area contributed by atoms with Crippen LogP contribution < -0.4 is 32.1 Å². The molecular weight excluding hydrogens is 493 g/mol. The zero-order chi connectivity index (χ0) is 21.1. The Morgan fingerprint density at radius 3 is 2.40 bits per heavy atom. The average Bonchev–Trinajstić information content (AvgIpc) is 2.83. The topological polar surface area (TPSA) is 81.1 Å². The molecule has 2 fully saturated rings. The summed E-state index contributed by atoms with van der Waals surface area (Å²) in [6.07, 6.45) is 11.0. The second-order valence-corrected chi connectivity index (χ2v) is 11.9. The van der Waals surface area contributed by atoms with Crippen LogP contribution in [0.2, 0.25) is 0 Å². The van der Waals surface area contributed by atoms with Crippen LogP contribution in [0.4, 0.5) is 0 Å². The van der Waals surface area contributed by atoms with Crippen LogP contribution in [-0.2, 0) is 9.59 Å². The third kappa shape index (κ3) is 4.60. The summed E-state index contributed by atoms with van der Waals surface area (Å²) >= 11 is -0.323. The molecule has 1 saturated heterocycles.